The SMILES string of the molecule is CCCC(COC)NC(=O)c1cccc(N)c1OCC. The molecule has 0 saturated heterocycles. The quantitative estimate of drug-likeness (QED) is 0.716. The molecule has 5 nitrogen and oxygen atoms in total. The van der Waals surface area contributed by atoms with Crippen molar-refractivity contribution in [1.82, 2.24) is 5.32 Å². The highest BCUT2D eigenvalue weighted by atomic mass is 16.5. The number of anilines is 1. The van der Waals surface area contributed by atoms with Crippen LogP contribution in [0.25, 0.3) is 0 Å². The highest BCUT2D eigenvalue weighted by Crippen LogP contribution is 2.26. The fourth-order valence-corrected chi connectivity index (χ4v) is 2.05. The van der Waals surface area contributed by atoms with E-state index in [1.807, 2.05) is 6.92 Å². The molecular formula is C15H24N2O3. The van der Waals surface area contributed by atoms with Gasteiger partial charge in [-0.15, -0.1) is 0 Å². The van der Waals surface area contributed by atoms with Gasteiger partial charge in [-0.25, -0.2) is 0 Å². The zero-order valence-corrected chi connectivity index (χ0v) is 12.4. The predicted octanol–water partition coefficient (Wildman–Crippen LogP) is 2.21. The summed E-state index contributed by atoms with van der Waals surface area (Å²) in [6.45, 7) is 4.89. The van der Waals surface area contributed by atoms with E-state index in [0.717, 1.165) is 12.8 Å². The van der Waals surface area contributed by atoms with Gasteiger partial charge in [0.25, 0.3) is 5.91 Å². The van der Waals surface area contributed by atoms with Crippen LogP contribution in [-0.2, 0) is 4.74 Å². The Kier molecular flexibility index (Phi) is 6.87. The average Bonchev–Trinajstić information content (AvgIpc) is 2.41. The molecule has 0 aliphatic carbocycles. The van der Waals surface area contributed by atoms with E-state index in [2.05, 4.69) is 12.2 Å². The van der Waals surface area contributed by atoms with Gasteiger partial charge in [0.1, 0.15) is 0 Å². The van der Waals surface area contributed by atoms with Gasteiger partial charge < -0.3 is 20.5 Å². The lowest BCUT2D eigenvalue weighted by Gasteiger charge is -2.19. The minimum Gasteiger partial charge on any atom is -0.491 e. The topological polar surface area (TPSA) is 73.6 Å². The molecule has 0 fully saturated rings. The third-order valence-electron chi connectivity index (χ3n) is 2.92. The Morgan fingerprint density at radius 2 is 2.15 bits per heavy atom. The lowest BCUT2D eigenvalue weighted by molar-refractivity contribution is 0.0888. The number of methoxy groups -OCH3 is 1. The van der Waals surface area contributed by atoms with E-state index in [-0.39, 0.29) is 11.9 Å². The molecule has 0 spiro atoms. The summed E-state index contributed by atoms with van der Waals surface area (Å²) in [7, 11) is 1.63. The summed E-state index contributed by atoms with van der Waals surface area (Å²) in [6, 6.07) is 5.18. The van der Waals surface area contributed by atoms with Gasteiger partial charge in [-0.05, 0) is 25.5 Å². The van der Waals surface area contributed by atoms with Gasteiger partial charge in [-0.2, -0.15) is 0 Å². The maximum atomic E-state index is 12.4. The Morgan fingerprint density at radius 1 is 1.40 bits per heavy atom. The third-order valence-corrected chi connectivity index (χ3v) is 2.92. The lowest BCUT2D eigenvalue weighted by Crippen LogP contribution is -2.38. The summed E-state index contributed by atoms with van der Waals surface area (Å²) in [5.74, 6) is 0.261. The largest absolute Gasteiger partial charge is 0.491 e. The smallest absolute Gasteiger partial charge is 0.255 e. The van der Waals surface area contributed by atoms with Crippen molar-refractivity contribution in [3.63, 3.8) is 0 Å². The van der Waals surface area contributed by atoms with E-state index in [1.165, 1.54) is 0 Å². The Hall–Kier alpha value is -1.75. The molecule has 20 heavy (non-hydrogen) atoms. The van der Waals surface area contributed by atoms with Crippen molar-refractivity contribution in [3.8, 4) is 5.75 Å². The standard InChI is InChI=1S/C15H24N2O3/c1-4-7-11(10-19-3)17-15(18)12-8-6-9-13(16)14(12)20-5-2/h6,8-9,11H,4-5,7,10,16H2,1-3H3,(H,17,18). The van der Waals surface area contributed by atoms with Crippen LogP contribution in [-0.4, -0.2) is 32.3 Å². The summed E-state index contributed by atoms with van der Waals surface area (Å²) in [4.78, 5) is 12.4. The van der Waals surface area contributed by atoms with Crippen molar-refractivity contribution >= 4 is 11.6 Å². The number of rotatable bonds is 8. The van der Waals surface area contributed by atoms with Crippen LogP contribution in [0.5, 0.6) is 5.75 Å². The van der Waals surface area contributed by atoms with Crippen molar-refractivity contribution < 1.29 is 14.3 Å². The van der Waals surface area contributed by atoms with Gasteiger partial charge in [0.05, 0.1) is 30.5 Å². The van der Waals surface area contributed by atoms with Crippen LogP contribution in [0.4, 0.5) is 5.69 Å². The van der Waals surface area contributed by atoms with Gasteiger partial charge >= 0.3 is 0 Å². The second-order valence-corrected chi connectivity index (χ2v) is 4.57. The van der Waals surface area contributed by atoms with Crippen LogP contribution >= 0.6 is 0 Å². The molecule has 1 unspecified atom stereocenters. The first-order chi connectivity index (χ1) is 9.63. The number of amides is 1. The Bertz CT molecular complexity index is 429. The number of carbonyl (C=O) groups excluding carboxylic acids is 1. The molecule has 0 saturated carbocycles. The van der Waals surface area contributed by atoms with Crippen LogP contribution in [0.3, 0.4) is 0 Å². The molecule has 112 valence electrons. The van der Waals surface area contributed by atoms with Crippen LogP contribution in [0, 0.1) is 0 Å². The number of carbonyl (C=O) groups is 1. The second kappa shape index (κ2) is 8.43. The molecule has 0 bridgehead atoms. The monoisotopic (exact) mass is 280 g/mol. The molecule has 0 aliphatic rings. The van der Waals surface area contributed by atoms with E-state index in [9.17, 15) is 4.79 Å². The average molecular weight is 280 g/mol. The van der Waals surface area contributed by atoms with Crippen LogP contribution in [0.2, 0.25) is 0 Å². The molecule has 1 amide bonds. The number of benzene rings is 1. The van der Waals surface area contributed by atoms with Crippen molar-refractivity contribution in [1.29, 1.82) is 0 Å². The predicted molar refractivity (Wildman–Crippen MR) is 80.1 cm³/mol. The third kappa shape index (κ3) is 4.42. The number of ether oxygens (including phenoxy) is 2. The molecule has 5 heteroatoms. The maximum Gasteiger partial charge on any atom is 0.255 e. The first-order valence-corrected chi connectivity index (χ1v) is 6.95. The van der Waals surface area contributed by atoms with Crippen molar-refractivity contribution in [2.75, 3.05) is 26.1 Å². The number of nitrogens with one attached hydrogen (secondary N) is 1. The summed E-state index contributed by atoms with van der Waals surface area (Å²) in [6.07, 6.45) is 1.84. The number of nitrogen functional groups attached to an aromatic ring is 1. The summed E-state index contributed by atoms with van der Waals surface area (Å²) in [5, 5.41) is 2.96. The van der Waals surface area contributed by atoms with E-state index in [4.69, 9.17) is 15.2 Å². The molecule has 1 rings (SSSR count). The van der Waals surface area contributed by atoms with Gasteiger partial charge in [-0.1, -0.05) is 19.4 Å². The van der Waals surface area contributed by atoms with Crippen molar-refractivity contribution in [3.05, 3.63) is 23.8 Å². The summed E-state index contributed by atoms with van der Waals surface area (Å²) in [5.41, 5.74) is 6.80. The first-order valence-electron chi connectivity index (χ1n) is 6.95. The second-order valence-electron chi connectivity index (χ2n) is 4.57. The highest BCUT2D eigenvalue weighted by Gasteiger charge is 2.18. The molecule has 0 aliphatic heterocycles. The fraction of sp³-hybridized carbons (Fsp3) is 0.533. The van der Waals surface area contributed by atoms with Gasteiger partial charge in [0.2, 0.25) is 0 Å². The normalized spacial score (nSPS) is 11.9. The van der Waals surface area contributed by atoms with Gasteiger partial charge in [0.15, 0.2) is 5.75 Å². The maximum absolute atomic E-state index is 12.4. The van der Waals surface area contributed by atoms with Crippen molar-refractivity contribution in [2.45, 2.75) is 32.7 Å². The van der Waals surface area contributed by atoms with Gasteiger partial charge in [-0.3, -0.25) is 4.79 Å². The van der Waals surface area contributed by atoms with Crippen LogP contribution in [0.15, 0.2) is 18.2 Å². The molecule has 1 aromatic rings. The van der Waals surface area contributed by atoms with Crippen molar-refractivity contribution in [2.24, 2.45) is 0 Å². The lowest BCUT2D eigenvalue weighted by atomic mass is 10.1. The Labute approximate surface area is 120 Å². The summed E-state index contributed by atoms with van der Waals surface area (Å²) < 4.78 is 10.6. The molecular weight excluding hydrogens is 256 g/mol. The molecule has 0 heterocycles. The number of nitrogens with two attached hydrogens (primary N) is 1. The zero-order chi connectivity index (χ0) is 15.0. The number of hydrogen-bond acceptors (Lipinski definition) is 4. The summed E-state index contributed by atoms with van der Waals surface area (Å²) >= 11 is 0. The molecule has 3 N–H and O–H groups in total. The number of hydrogen-bond donors (Lipinski definition) is 2. The van der Waals surface area contributed by atoms with E-state index in [1.54, 1.807) is 25.3 Å². The molecule has 0 aromatic heterocycles. The molecule has 0 radical (unpaired) electrons. The van der Waals surface area contributed by atoms with E-state index >= 15 is 0 Å². The first kappa shape index (κ1) is 16.3. The minimum absolute atomic E-state index is 0.00610. The number of para-hydroxylation sites is 1. The Balaban J connectivity index is 2.87. The minimum atomic E-state index is -0.184. The molecule has 1 aromatic carbocycles. The van der Waals surface area contributed by atoms with Crippen LogP contribution < -0.4 is 15.8 Å². The Morgan fingerprint density at radius 3 is 2.75 bits per heavy atom. The molecule has 1 atom stereocenters. The van der Waals surface area contributed by atoms with E-state index in [0.29, 0.717) is 30.2 Å². The van der Waals surface area contributed by atoms with Crippen LogP contribution in [0.1, 0.15) is 37.0 Å². The van der Waals surface area contributed by atoms with Gasteiger partial charge in [0, 0.05) is 7.11 Å². The fourth-order valence-electron chi connectivity index (χ4n) is 2.05. The zero-order valence-electron chi connectivity index (χ0n) is 12.4. The van der Waals surface area contributed by atoms with E-state index < -0.39 is 0 Å². The highest BCUT2D eigenvalue weighted by molar-refractivity contribution is 5.98.